The molecule has 2 aliphatic heterocycles. The number of rotatable bonds is 11. The Morgan fingerprint density at radius 3 is 2.27 bits per heavy atom. The van der Waals surface area contributed by atoms with Crippen molar-refractivity contribution in [2.24, 2.45) is 0 Å². The molecule has 0 N–H and O–H groups in total. The minimum atomic E-state index is -2.79. The van der Waals surface area contributed by atoms with Gasteiger partial charge in [0.15, 0.2) is 0 Å². The molecule has 1 aromatic rings. The lowest BCUT2D eigenvalue weighted by atomic mass is 10.1. The van der Waals surface area contributed by atoms with E-state index in [1.165, 1.54) is 30.9 Å². The van der Waals surface area contributed by atoms with Crippen LogP contribution in [-0.2, 0) is 25.7 Å². The predicted octanol–water partition coefficient (Wildman–Crippen LogP) is 2.67. The Bertz CT molecular complexity index is 1040. The van der Waals surface area contributed by atoms with Crippen molar-refractivity contribution in [3.63, 3.8) is 0 Å². The van der Waals surface area contributed by atoms with E-state index in [0.29, 0.717) is 26.1 Å². The Morgan fingerprint density at radius 2 is 1.61 bits per heavy atom. The highest BCUT2D eigenvalue weighted by Crippen LogP contribution is 2.27. The van der Waals surface area contributed by atoms with E-state index >= 15 is 0 Å². The van der Waals surface area contributed by atoms with Crippen LogP contribution in [0.25, 0.3) is 0 Å². The van der Waals surface area contributed by atoms with Crippen molar-refractivity contribution in [2.45, 2.75) is 57.1 Å². The number of halogens is 2. The van der Waals surface area contributed by atoms with Gasteiger partial charge in [0, 0.05) is 47.2 Å². The predicted molar refractivity (Wildman–Crippen MR) is 149 cm³/mol. The quantitative estimate of drug-likeness (QED) is 0.400. The average molecular weight is 580 g/mol. The number of amides is 4. The van der Waals surface area contributed by atoms with Gasteiger partial charge in [-0.2, -0.15) is 0 Å². The van der Waals surface area contributed by atoms with E-state index in [2.05, 4.69) is 0 Å². The van der Waals surface area contributed by atoms with E-state index in [1.807, 2.05) is 30.3 Å². The van der Waals surface area contributed by atoms with Gasteiger partial charge in [0.25, 0.3) is 5.92 Å². The summed E-state index contributed by atoms with van der Waals surface area (Å²) in [5, 5.41) is 0. The molecule has 4 amide bonds. The fourth-order valence-corrected chi connectivity index (χ4v) is 5.19. The number of alkyl halides is 2. The second kappa shape index (κ2) is 15.1. The molecule has 2 heterocycles. The molecule has 10 nitrogen and oxygen atoms in total. The zero-order chi connectivity index (χ0) is 30.0. The third kappa shape index (κ3) is 9.94. The summed E-state index contributed by atoms with van der Waals surface area (Å²) in [4.78, 5) is 59.1. The minimum absolute atomic E-state index is 0.0471. The fourth-order valence-electron chi connectivity index (χ4n) is 5.19. The molecular formula is C29H43F2N5O5. The highest BCUT2D eigenvalue weighted by atomic mass is 19.3. The second-order valence-electron chi connectivity index (χ2n) is 11.1. The van der Waals surface area contributed by atoms with Gasteiger partial charge in [-0.25, -0.2) is 13.6 Å². The molecule has 0 spiro atoms. The maximum Gasteiger partial charge on any atom is 0.410 e. The van der Waals surface area contributed by atoms with Crippen LogP contribution in [0.2, 0.25) is 0 Å². The Labute approximate surface area is 241 Å². The Morgan fingerprint density at radius 1 is 0.927 bits per heavy atom. The molecule has 1 atom stereocenters. The van der Waals surface area contributed by atoms with Crippen molar-refractivity contribution in [1.82, 2.24) is 24.5 Å². The number of ether oxygens (including phenoxy) is 1. The third-order valence-electron chi connectivity index (χ3n) is 7.68. The average Bonchev–Trinajstić information content (AvgIpc) is 2.96. The van der Waals surface area contributed by atoms with Crippen LogP contribution in [0.15, 0.2) is 30.3 Å². The minimum Gasteiger partial charge on any atom is -0.445 e. The lowest BCUT2D eigenvalue weighted by Gasteiger charge is -2.36. The van der Waals surface area contributed by atoms with Gasteiger partial charge in [-0.3, -0.25) is 19.3 Å². The molecule has 0 radical (unpaired) electrons. The number of nitrogens with zero attached hydrogens (tertiary/aromatic N) is 5. The highest BCUT2D eigenvalue weighted by Gasteiger charge is 2.37. The van der Waals surface area contributed by atoms with Crippen LogP contribution in [0.3, 0.4) is 0 Å². The SMILES string of the molecule is CN(CC(=O)N(C)[C@@H](CCN1CCCC(F)(F)C1)C(=O)N(C)CC(=O)N1CCCCC1)C(=O)OCc1ccccc1. The summed E-state index contributed by atoms with van der Waals surface area (Å²) in [6, 6.07) is 8.13. The van der Waals surface area contributed by atoms with Gasteiger partial charge in [0.05, 0.1) is 13.1 Å². The van der Waals surface area contributed by atoms with Crippen LogP contribution < -0.4 is 0 Å². The van der Waals surface area contributed by atoms with Crippen LogP contribution in [0.4, 0.5) is 13.6 Å². The summed E-state index contributed by atoms with van der Waals surface area (Å²) < 4.78 is 33.3. The number of hydrogen-bond acceptors (Lipinski definition) is 6. The van der Waals surface area contributed by atoms with Gasteiger partial charge in [-0.1, -0.05) is 30.3 Å². The van der Waals surface area contributed by atoms with Gasteiger partial charge >= 0.3 is 6.09 Å². The van der Waals surface area contributed by atoms with Crippen molar-refractivity contribution in [3.05, 3.63) is 35.9 Å². The molecule has 3 rings (SSSR count). The van der Waals surface area contributed by atoms with E-state index in [0.717, 1.165) is 29.7 Å². The number of carbonyl (C=O) groups excluding carboxylic acids is 4. The van der Waals surface area contributed by atoms with Crippen molar-refractivity contribution in [1.29, 1.82) is 0 Å². The van der Waals surface area contributed by atoms with Crippen molar-refractivity contribution < 1.29 is 32.7 Å². The largest absolute Gasteiger partial charge is 0.445 e. The molecule has 0 bridgehead atoms. The topological polar surface area (TPSA) is 93.7 Å². The molecular weight excluding hydrogens is 536 g/mol. The summed E-state index contributed by atoms with van der Waals surface area (Å²) in [6.45, 7) is 1.14. The van der Waals surface area contributed by atoms with Crippen LogP contribution in [0, 0.1) is 0 Å². The summed E-state index contributed by atoms with van der Waals surface area (Å²) in [5.41, 5.74) is 0.800. The zero-order valence-corrected chi connectivity index (χ0v) is 24.4. The summed E-state index contributed by atoms with van der Waals surface area (Å²) in [5.74, 6) is -3.92. The van der Waals surface area contributed by atoms with Crippen molar-refractivity contribution in [3.8, 4) is 0 Å². The number of likely N-dealkylation sites (tertiary alicyclic amines) is 2. The van der Waals surface area contributed by atoms with Crippen LogP contribution >= 0.6 is 0 Å². The molecule has 1 aromatic carbocycles. The molecule has 2 aliphatic rings. The summed E-state index contributed by atoms with van der Waals surface area (Å²) >= 11 is 0. The summed E-state index contributed by atoms with van der Waals surface area (Å²) in [6.07, 6.45) is 2.51. The molecule has 0 aromatic heterocycles. The van der Waals surface area contributed by atoms with E-state index in [1.54, 1.807) is 9.80 Å². The van der Waals surface area contributed by atoms with E-state index in [4.69, 9.17) is 4.74 Å². The summed E-state index contributed by atoms with van der Waals surface area (Å²) in [7, 11) is 4.39. The van der Waals surface area contributed by atoms with Crippen molar-refractivity contribution >= 4 is 23.8 Å². The molecule has 0 aliphatic carbocycles. The van der Waals surface area contributed by atoms with Gasteiger partial charge in [-0.15, -0.1) is 0 Å². The number of carbonyl (C=O) groups is 4. The first-order valence-electron chi connectivity index (χ1n) is 14.3. The molecule has 0 unspecified atom stereocenters. The first-order valence-corrected chi connectivity index (χ1v) is 14.3. The first kappa shape index (κ1) is 32.2. The molecule has 2 fully saturated rings. The smallest absolute Gasteiger partial charge is 0.410 e. The molecule has 12 heteroatoms. The van der Waals surface area contributed by atoms with Gasteiger partial charge in [0.2, 0.25) is 17.7 Å². The second-order valence-corrected chi connectivity index (χ2v) is 11.1. The van der Waals surface area contributed by atoms with Crippen LogP contribution in [0.1, 0.15) is 44.1 Å². The molecule has 2 saturated heterocycles. The lowest BCUT2D eigenvalue weighted by molar-refractivity contribution is -0.147. The van der Waals surface area contributed by atoms with Crippen LogP contribution in [-0.4, -0.2) is 127 Å². The zero-order valence-electron chi connectivity index (χ0n) is 24.4. The Hall–Kier alpha value is -3.28. The number of benzene rings is 1. The van der Waals surface area contributed by atoms with Gasteiger partial charge in [0.1, 0.15) is 19.2 Å². The van der Waals surface area contributed by atoms with E-state index in [-0.39, 0.29) is 45.0 Å². The molecule has 0 saturated carbocycles. The molecule has 41 heavy (non-hydrogen) atoms. The maximum absolute atomic E-state index is 14.0. The highest BCUT2D eigenvalue weighted by molar-refractivity contribution is 5.91. The monoisotopic (exact) mass is 579 g/mol. The van der Waals surface area contributed by atoms with E-state index in [9.17, 15) is 28.0 Å². The molecule has 228 valence electrons. The first-order chi connectivity index (χ1) is 19.5. The van der Waals surface area contributed by atoms with Gasteiger partial charge in [-0.05, 0) is 44.2 Å². The normalized spacial score (nSPS) is 17.8. The number of piperidine rings is 2. The number of hydrogen-bond donors (Lipinski definition) is 0. The Balaban J connectivity index is 1.63. The number of likely N-dealkylation sites (N-methyl/N-ethyl adjacent to an activating group) is 3. The van der Waals surface area contributed by atoms with Crippen LogP contribution in [0.5, 0.6) is 0 Å². The third-order valence-corrected chi connectivity index (χ3v) is 7.68. The Kier molecular flexibility index (Phi) is 11.9. The maximum atomic E-state index is 14.0. The fraction of sp³-hybridized carbons (Fsp3) is 0.655. The standard InChI is InChI=1S/C29H43F2N5O5/c1-32(20-26(38)36-16-8-5-9-17-36)27(39)24(13-18-35-15-10-14-29(30,31)22-35)34(3)25(37)19-33(2)28(40)41-21-23-11-6-4-7-12-23/h4,6-7,11-12,24H,5,8-10,13-22H2,1-3H3/t24-/m0/s1. The van der Waals surface area contributed by atoms with Gasteiger partial charge < -0.3 is 24.3 Å². The van der Waals surface area contributed by atoms with Crippen molar-refractivity contribution in [2.75, 3.05) is 67.0 Å². The lowest BCUT2D eigenvalue weighted by Crippen LogP contribution is -2.54. The van der Waals surface area contributed by atoms with E-state index < -0.39 is 36.4 Å².